The number of hydrogen-bond acceptors (Lipinski definition) is 1. The first-order valence-electron chi connectivity index (χ1n) is 9.39. The Bertz CT molecular complexity index is 1340. The van der Waals surface area contributed by atoms with E-state index in [9.17, 15) is 4.79 Å². The van der Waals surface area contributed by atoms with Crippen LogP contribution < -0.4 is 5.43 Å². The minimum atomic E-state index is 0.0317. The summed E-state index contributed by atoms with van der Waals surface area (Å²) in [5.74, 6) is 0. The average Bonchev–Trinajstić information content (AvgIpc) is 2.72. The van der Waals surface area contributed by atoms with Gasteiger partial charge < -0.3 is 4.57 Å². The molecule has 1 aliphatic heterocycles. The molecule has 2 nitrogen and oxygen atoms in total. The van der Waals surface area contributed by atoms with Crippen LogP contribution in [0.2, 0.25) is 0 Å². The fourth-order valence-electron chi connectivity index (χ4n) is 3.96. The highest BCUT2D eigenvalue weighted by molar-refractivity contribution is 6.08. The van der Waals surface area contributed by atoms with Gasteiger partial charge in [0.1, 0.15) is 0 Å². The van der Waals surface area contributed by atoms with Gasteiger partial charge in [0.25, 0.3) is 0 Å². The van der Waals surface area contributed by atoms with Gasteiger partial charge in [-0.2, -0.15) is 0 Å². The molecule has 0 unspecified atom stereocenters. The maximum Gasteiger partial charge on any atom is 0.180 e. The Morgan fingerprint density at radius 1 is 0.750 bits per heavy atom. The molecule has 0 N–H and O–H groups in total. The number of aromatic nitrogens is 1. The minimum absolute atomic E-state index is 0.0317. The highest BCUT2D eigenvalue weighted by Crippen LogP contribution is 2.31. The number of benzene rings is 4. The SMILES string of the molecule is Cn1ccc(/C=C\c2c3ccccc3cc3ccccc23)c2ccc(=O)cc1-2. The molecule has 0 bridgehead atoms. The van der Waals surface area contributed by atoms with E-state index in [1.807, 2.05) is 23.9 Å². The van der Waals surface area contributed by atoms with E-state index in [2.05, 4.69) is 72.8 Å². The molecule has 5 rings (SSSR count). The van der Waals surface area contributed by atoms with Crippen molar-refractivity contribution < 1.29 is 0 Å². The fraction of sp³-hybridized carbons (Fsp3) is 0.0385. The summed E-state index contributed by atoms with van der Waals surface area (Å²) in [6, 6.07) is 26.6. The highest BCUT2D eigenvalue weighted by Gasteiger charge is 2.09. The van der Waals surface area contributed by atoms with Gasteiger partial charge in [0, 0.05) is 24.9 Å². The molecule has 0 fully saturated rings. The van der Waals surface area contributed by atoms with Crippen LogP contribution in [-0.2, 0) is 7.05 Å². The van der Waals surface area contributed by atoms with Gasteiger partial charge in [-0.15, -0.1) is 0 Å². The quantitative estimate of drug-likeness (QED) is 0.355. The van der Waals surface area contributed by atoms with Crippen molar-refractivity contribution in [2.75, 3.05) is 0 Å². The van der Waals surface area contributed by atoms with E-state index in [-0.39, 0.29) is 5.43 Å². The van der Waals surface area contributed by atoms with Crippen LogP contribution >= 0.6 is 0 Å². The van der Waals surface area contributed by atoms with Gasteiger partial charge in [-0.25, -0.2) is 0 Å². The second-order valence-corrected chi connectivity index (χ2v) is 7.13. The van der Waals surface area contributed by atoms with E-state index in [1.54, 1.807) is 12.1 Å². The number of aryl methyl sites for hydroxylation is 1. The molecule has 0 saturated heterocycles. The lowest BCUT2D eigenvalue weighted by atomic mass is 9.95. The Morgan fingerprint density at radius 3 is 2.14 bits per heavy atom. The maximum atomic E-state index is 11.8. The zero-order valence-corrected chi connectivity index (χ0v) is 15.6. The molecule has 2 aliphatic rings. The molecular formula is C26H19NO. The van der Waals surface area contributed by atoms with Crippen molar-refractivity contribution in [3.63, 3.8) is 0 Å². The summed E-state index contributed by atoms with van der Waals surface area (Å²) in [7, 11) is 1.97. The predicted octanol–water partition coefficient (Wildman–Crippen LogP) is 5.97. The molecule has 0 spiro atoms. The first kappa shape index (κ1) is 16.5. The van der Waals surface area contributed by atoms with E-state index < -0.39 is 0 Å². The maximum absolute atomic E-state index is 11.8. The van der Waals surface area contributed by atoms with Crippen LogP contribution in [0.1, 0.15) is 11.1 Å². The molecule has 2 heteroatoms. The molecule has 0 amide bonds. The van der Waals surface area contributed by atoms with Crippen LogP contribution in [0.4, 0.5) is 0 Å². The van der Waals surface area contributed by atoms with Crippen LogP contribution in [0.5, 0.6) is 0 Å². The number of pyridine rings is 1. The van der Waals surface area contributed by atoms with Gasteiger partial charge in [-0.3, -0.25) is 4.79 Å². The van der Waals surface area contributed by atoms with Crippen molar-refractivity contribution in [3.05, 3.63) is 106 Å². The second kappa shape index (κ2) is 6.50. The van der Waals surface area contributed by atoms with Gasteiger partial charge >= 0.3 is 0 Å². The molecule has 0 saturated carbocycles. The van der Waals surface area contributed by atoms with Crippen LogP contribution in [0.15, 0.2) is 89.9 Å². The summed E-state index contributed by atoms with van der Waals surface area (Å²) < 4.78 is 1.99. The van der Waals surface area contributed by atoms with Crippen LogP contribution in [0, 0.1) is 0 Å². The van der Waals surface area contributed by atoms with E-state index in [0.717, 1.165) is 16.8 Å². The molecule has 28 heavy (non-hydrogen) atoms. The Labute approximate surface area is 163 Å². The number of hydrogen-bond donors (Lipinski definition) is 0. The molecular weight excluding hydrogens is 342 g/mol. The largest absolute Gasteiger partial charge is 0.350 e. The van der Waals surface area contributed by atoms with E-state index >= 15 is 0 Å². The molecule has 3 aromatic carbocycles. The molecule has 3 aromatic rings. The summed E-state index contributed by atoms with van der Waals surface area (Å²) in [4.78, 5) is 11.8. The Balaban J connectivity index is 1.74. The molecule has 0 radical (unpaired) electrons. The zero-order valence-electron chi connectivity index (χ0n) is 15.6. The first-order valence-corrected chi connectivity index (χ1v) is 9.39. The van der Waals surface area contributed by atoms with Gasteiger partial charge in [-0.05, 0) is 56.9 Å². The first-order chi connectivity index (χ1) is 13.7. The Hall–Kier alpha value is -3.65. The topological polar surface area (TPSA) is 22.0 Å². The Morgan fingerprint density at radius 2 is 1.43 bits per heavy atom. The lowest BCUT2D eigenvalue weighted by molar-refractivity contribution is 0.910. The van der Waals surface area contributed by atoms with Crippen LogP contribution in [0.3, 0.4) is 0 Å². The van der Waals surface area contributed by atoms with Crippen molar-refractivity contribution in [3.8, 4) is 11.3 Å². The lowest BCUT2D eigenvalue weighted by Gasteiger charge is -2.14. The van der Waals surface area contributed by atoms with Crippen LogP contribution in [-0.4, -0.2) is 4.57 Å². The monoisotopic (exact) mass is 361 g/mol. The second-order valence-electron chi connectivity index (χ2n) is 7.13. The van der Waals surface area contributed by atoms with Gasteiger partial charge in [-0.1, -0.05) is 60.7 Å². The van der Waals surface area contributed by atoms with Crippen LogP contribution in [0.25, 0.3) is 45.0 Å². The van der Waals surface area contributed by atoms with Crippen molar-refractivity contribution in [2.45, 2.75) is 0 Å². The molecule has 0 aromatic heterocycles. The predicted molar refractivity (Wildman–Crippen MR) is 119 cm³/mol. The van der Waals surface area contributed by atoms with E-state index in [0.29, 0.717) is 0 Å². The van der Waals surface area contributed by atoms with Crippen molar-refractivity contribution >= 4 is 33.7 Å². The lowest BCUT2D eigenvalue weighted by Crippen LogP contribution is -2.05. The smallest absolute Gasteiger partial charge is 0.180 e. The third-order valence-corrected chi connectivity index (χ3v) is 5.38. The standard InChI is InChI=1S/C26H19NO/c1-27-15-14-18(24-13-11-21(28)17-26(24)27)10-12-25-22-8-4-2-6-19(22)16-20-7-3-5-9-23(20)25/h2-17H,1H3/b12-10-. The third-order valence-electron chi connectivity index (χ3n) is 5.38. The normalized spacial score (nSPS) is 11.8. The molecule has 0 atom stereocenters. The minimum Gasteiger partial charge on any atom is -0.350 e. The zero-order chi connectivity index (χ0) is 19.1. The highest BCUT2D eigenvalue weighted by atomic mass is 16.1. The van der Waals surface area contributed by atoms with Gasteiger partial charge in [0.05, 0.1) is 5.69 Å². The van der Waals surface area contributed by atoms with Crippen molar-refractivity contribution in [2.24, 2.45) is 7.05 Å². The molecule has 1 aliphatic carbocycles. The Kier molecular flexibility index (Phi) is 3.84. The fourth-order valence-corrected chi connectivity index (χ4v) is 3.96. The third kappa shape index (κ3) is 2.71. The summed E-state index contributed by atoms with van der Waals surface area (Å²) in [5, 5.41) is 4.96. The molecule has 134 valence electrons. The van der Waals surface area contributed by atoms with E-state index in [1.165, 1.54) is 27.1 Å². The van der Waals surface area contributed by atoms with Gasteiger partial charge in [0.2, 0.25) is 0 Å². The number of nitrogens with zero attached hydrogens (tertiary/aromatic N) is 1. The van der Waals surface area contributed by atoms with Gasteiger partial charge in [0.15, 0.2) is 5.43 Å². The van der Waals surface area contributed by atoms with Crippen molar-refractivity contribution in [1.29, 1.82) is 0 Å². The summed E-state index contributed by atoms with van der Waals surface area (Å²) in [5.41, 5.74) is 4.37. The number of rotatable bonds is 2. The summed E-state index contributed by atoms with van der Waals surface area (Å²) >= 11 is 0. The number of fused-ring (bicyclic) bond motifs is 3. The summed E-state index contributed by atoms with van der Waals surface area (Å²) in [6.07, 6.45) is 6.36. The molecule has 1 heterocycles. The average molecular weight is 361 g/mol. The summed E-state index contributed by atoms with van der Waals surface area (Å²) in [6.45, 7) is 0. The van der Waals surface area contributed by atoms with Crippen molar-refractivity contribution in [1.82, 2.24) is 4.57 Å². The van der Waals surface area contributed by atoms with E-state index in [4.69, 9.17) is 0 Å².